The molecule has 1 aromatic rings. The molecule has 0 spiro atoms. The molecule has 0 N–H and O–H groups in total. The minimum atomic E-state index is -0.486. The zero-order chi connectivity index (χ0) is 10.4. The van der Waals surface area contributed by atoms with Crippen LogP contribution in [0.1, 0.15) is 12.8 Å². The van der Waals surface area contributed by atoms with Gasteiger partial charge in [-0.25, -0.2) is 4.39 Å². The van der Waals surface area contributed by atoms with Gasteiger partial charge in [-0.05, 0) is 30.7 Å². The van der Waals surface area contributed by atoms with Crippen LogP contribution in [-0.4, -0.2) is 12.4 Å². The molecule has 0 aromatic heterocycles. The van der Waals surface area contributed by atoms with Gasteiger partial charge in [0.2, 0.25) is 0 Å². The lowest BCUT2D eigenvalue weighted by atomic mass is 10.3. The van der Waals surface area contributed by atoms with Gasteiger partial charge < -0.3 is 4.74 Å². The van der Waals surface area contributed by atoms with Gasteiger partial charge in [-0.15, -0.1) is 0 Å². The standard InChI is InChI=1S/C10H12ClFOS/c11-8-4-3-5-9(10(8)12)13-6-1-2-7-14/h3-5,14H,1-2,6-7H2. The molecular formula is C10H12ClFOS. The highest BCUT2D eigenvalue weighted by atomic mass is 35.5. The molecule has 0 aliphatic carbocycles. The van der Waals surface area contributed by atoms with E-state index in [1.165, 1.54) is 6.07 Å². The van der Waals surface area contributed by atoms with E-state index in [0.717, 1.165) is 18.6 Å². The second kappa shape index (κ2) is 6.14. The number of benzene rings is 1. The van der Waals surface area contributed by atoms with E-state index in [1.54, 1.807) is 12.1 Å². The minimum Gasteiger partial charge on any atom is -0.490 e. The minimum absolute atomic E-state index is 0.0942. The van der Waals surface area contributed by atoms with E-state index in [9.17, 15) is 4.39 Å². The van der Waals surface area contributed by atoms with Gasteiger partial charge in [-0.2, -0.15) is 12.6 Å². The van der Waals surface area contributed by atoms with Gasteiger partial charge in [-0.1, -0.05) is 17.7 Å². The Morgan fingerprint density at radius 1 is 1.36 bits per heavy atom. The van der Waals surface area contributed by atoms with Gasteiger partial charge in [0.25, 0.3) is 0 Å². The van der Waals surface area contributed by atoms with E-state index in [-0.39, 0.29) is 10.8 Å². The number of ether oxygens (including phenoxy) is 1. The third-order valence-electron chi connectivity index (χ3n) is 1.73. The Balaban J connectivity index is 2.46. The fourth-order valence-corrected chi connectivity index (χ4v) is 1.38. The second-order valence-corrected chi connectivity index (χ2v) is 3.69. The van der Waals surface area contributed by atoms with E-state index in [4.69, 9.17) is 16.3 Å². The first kappa shape index (κ1) is 11.7. The van der Waals surface area contributed by atoms with Crippen molar-refractivity contribution in [3.05, 3.63) is 29.0 Å². The molecule has 0 aliphatic heterocycles. The molecule has 0 fully saturated rings. The van der Waals surface area contributed by atoms with E-state index in [2.05, 4.69) is 12.6 Å². The van der Waals surface area contributed by atoms with Crippen LogP contribution < -0.4 is 4.74 Å². The van der Waals surface area contributed by atoms with Crippen molar-refractivity contribution in [1.29, 1.82) is 0 Å². The van der Waals surface area contributed by atoms with Crippen LogP contribution >= 0.6 is 24.2 Å². The summed E-state index contributed by atoms with van der Waals surface area (Å²) in [4.78, 5) is 0. The fourth-order valence-electron chi connectivity index (χ4n) is 0.991. The summed E-state index contributed by atoms with van der Waals surface area (Å²) >= 11 is 9.65. The quantitative estimate of drug-likeness (QED) is 0.605. The number of thiol groups is 1. The number of halogens is 2. The van der Waals surface area contributed by atoms with Crippen molar-refractivity contribution in [2.24, 2.45) is 0 Å². The average molecular weight is 235 g/mol. The van der Waals surface area contributed by atoms with Gasteiger partial charge in [0.05, 0.1) is 11.6 Å². The first-order valence-electron chi connectivity index (χ1n) is 4.43. The molecular weight excluding hydrogens is 223 g/mol. The Morgan fingerprint density at radius 2 is 2.14 bits per heavy atom. The van der Waals surface area contributed by atoms with Crippen LogP contribution in [0.3, 0.4) is 0 Å². The average Bonchev–Trinajstić information content (AvgIpc) is 2.19. The highest BCUT2D eigenvalue weighted by Crippen LogP contribution is 2.24. The molecule has 78 valence electrons. The van der Waals surface area contributed by atoms with Crippen molar-refractivity contribution in [3.8, 4) is 5.75 Å². The van der Waals surface area contributed by atoms with E-state index in [1.807, 2.05) is 0 Å². The molecule has 0 aliphatic rings. The van der Waals surface area contributed by atoms with Crippen LogP contribution in [0, 0.1) is 5.82 Å². The van der Waals surface area contributed by atoms with Crippen molar-refractivity contribution < 1.29 is 9.13 Å². The second-order valence-electron chi connectivity index (χ2n) is 2.83. The molecule has 1 nitrogen and oxygen atoms in total. The smallest absolute Gasteiger partial charge is 0.183 e. The fraction of sp³-hybridized carbons (Fsp3) is 0.400. The largest absolute Gasteiger partial charge is 0.490 e. The molecule has 1 aromatic carbocycles. The summed E-state index contributed by atoms with van der Waals surface area (Å²) in [5.74, 6) is 0.554. The summed E-state index contributed by atoms with van der Waals surface area (Å²) < 4.78 is 18.5. The molecule has 0 heterocycles. The maximum Gasteiger partial charge on any atom is 0.183 e. The molecule has 0 saturated heterocycles. The molecule has 1 rings (SSSR count). The highest BCUT2D eigenvalue weighted by molar-refractivity contribution is 7.80. The van der Waals surface area contributed by atoms with Crippen LogP contribution in [0.25, 0.3) is 0 Å². The van der Waals surface area contributed by atoms with Crippen LogP contribution in [0.4, 0.5) is 4.39 Å². The first-order valence-corrected chi connectivity index (χ1v) is 5.44. The van der Waals surface area contributed by atoms with E-state index < -0.39 is 5.82 Å². The Morgan fingerprint density at radius 3 is 2.86 bits per heavy atom. The number of hydrogen-bond donors (Lipinski definition) is 1. The number of hydrogen-bond acceptors (Lipinski definition) is 2. The van der Waals surface area contributed by atoms with E-state index >= 15 is 0 Å². The van der Waals surface area contributed by atoms with Crippen molar-refractivity contribution in [1.82, 2.24) is 0 Å². The maximum absolute atomic E-state index is 13.2. The van der Waals surface area contributed by atoms with Crippen molar-refractivity contribution in [2.75, 3.05) is 12.4 Å². The number of rotatable bonds is 5. The summed E-state index contributed by atoms with van der Waals surface area (Å²) in [6.45, 7) is 0.498. The van der Waals surface area contributed by atoms with Crippen LogP contribution in [0.2, 0.25) is 5.02 Å². The topological polar surface area (TPSA) is 9.23 Å². The molecule has 0 bridgehead atoms. The highest BCUT2D eigenvalue weighted by Gasteiger charge is 2.06. The Bertz CT molecular complexity index is 293. The lowest BCUT2D eigenvalue weighted by molar-refractivity contribution is 0.295. The third kappa shape index (κ3) is 3.39. The molecule has 0 radical (unpaired) electrons. The van der Waals surface area contributed by atoms with Gasteiger partial charge >= 0.3 is 0 Å². The van der Waals surface area contributed by atoms with Crippen molar-refractivity contribution in [3.63, 3.8) is 0 Å². The van der Waals surface area contributed by atoms with Crippen molar-refractivity contribution >= 4 is 24.2 Å². The van der Waals surface area contributed by atoms with Gasteiger partial charge in [0.1, 0.15) is 0 Å². The Hall–Kier alpha value is -0.410. The van der Waals surface area contributed by atoms with Gasteiger partial charge in [-0.3, -0.25) is 0 Å². The lowest BCUT2D eigenvalue weighted by Gasteiger charge is -2.06. The number of unbranched alkanes of at least 4 members (excludes halogenated alkanes) is 1. The van der Waals surface area contributed by atoms with Crippen LogP contribution in [-0.2, 0) is 0 Å². The third-order valence-corrected chi connectivity index (χ3v) is 2.33. The molecule has 0 amide bonds. The normalized spacial score (nSPS) is 10.2. The molecule has 4 heteroatoms. The zero-order valence-electron chi connectivity index (χ0n) is 7.67. The Labute approximate surface area is 93.6 Å². The molecule has 0 saturated carbocycles. The summed E-state index contributed by atoms with van der Waals surface area (Å²) in [5, 5.41) is 0.0942. The summed E-state index contributed by atoms with van der Waals surface area (Å²) in [7, 11) is 0. The predicted octanol–water partition coefficient (Wildman–Crippen LogP) is 3.57. The van der Waals surface area contributed by atoms with Crippen LogP contribution in [0.15, 0.2) is 18.2 Å². The molecule has 0 unspecified atom stereocenters. The SMILES string of the molecule is Fc1c(Cl)cccc1OCCCCS. The summed E-state index contributed by atoms with van der Waals surface area (Å²) in [6.07, 6.45) is 1.83. The zero-order valence-corrected chi connectivity index (χ0v) is 9.32. The van der Waals surface area contributed by atoms with Crippen LogP contribution in [0.5, 0.6) is 5.75 Å². The molecule has 0 atom stereocenters. The first-order chi connectivity index (χ1) is 6.75. The summed E-state index contributed by atoms with van der Waals surface area (Å²) in [5.41, 5.74) is 0. The summed E-state index contributed by atoms with van der Waals surface area (Å²) in [6, 6.07) is 4.73. The van der Waals surface area contributed by atoms with E-state index in [0.29, 0.717) is 6.61 Å². The Kier molecular flexibility index (Phi) is 5.12. The monoisotopic (exact) mass is 234 g/mol. The predicted molar refractivity (Wildman–Crippen MR) is 60.0 cm³/mol. The maximum atomic E-state index is 13.2. The lowest BCUT2D eigenvalue weighted by Crippen LogP contribution is -1.99. The van der Waals surface area contributed by atoms with Crippen molar-refractivity contribution in [2.45, 2.75) is 12.8 Å². The van der Waals surface area contributed by atoms with Gasteiger partial charge in [0.15, 0.2) is 11.6 Å². The molecule has 14 heavy (non-hydrogen) atoms. The van der Waals surface area contributed by atoms with Gasteiger partial charge in [0, 0.05) is 0 Å².